The van der Waals surface area contributed by atoms with Crippen molar-refractivity contribution in [2.24, 2.45) is 0 Å². The third-order valence-electron chi connectivity index (χ3n) is 4.34. The number of hydrogen-bond donors (Lipinski definition) is 2. The summed E-state index contributed by atoms with van der Waals surface area (Å²) in [6.07, 6.45) is 1.46. The average molecular weight is 492 g/mol. The Hall–Kier alpha value is -3.47. The fourth-order valence-electron chi connectivity index (χ4n) is 2.96. The first kappa shape index (κ1) is 24.2. The highest BCUT2D eigenvalue weighted by molar-refractivity contribution is 6.32. The number of pyridine rings is 1. The van der Waals surface area contributed by atoms with Crippen molar-refractivity contribution in [3.8, 4) is 5.82 Å². The van der Waals surface area contributed by atoms with E-state index in [2.05, 4.69) is 25.7 Å². The van der Waals surface area contributed by atoms with Crippen LogP contribution in [-0.2, 0) is 9.57 Å². The third kappa shape index (κ3) is 5.30. The lowest BCUT2D eigenvalue weighted by Gasteiger charge is -2.15. The Bertz CT molecular complexity index is 1230. The van der Waals surface area contributed by atoms with E-state index in [-0.39, 0.29) is 40.1 Å². The van der Waals surface area contributed by atoms with Crippen LogP contribution in [0.15, 0.2) is 36.5 Å². The standard InChI is InChI=1S/C21H19Cl2N5O5/c1-4-33-21(31)15-10-16(28(26-15)18-14(23)6-5-7-24-18)20(30)25-17-11(2)8-12(22)9-13(17)19(29)27-32-3/h5-10H,4H2,1-3H3,(H,25,30)(H,27,29). The Morgan fingerprint density at radius 1 is 1.15 bits per heavy atom. The Balaban J connectivity index is 2.09. The van der Waals surface area contributed by atoms with E-state index in [1.54, 1.807) is 32.0 Å². The van der Waals surface area contributed by atoms with Gasteiger partial charge in [-0.2, -0.15) is 5.10 Å². The molecule has 10 nitrogen and oxygen atoms in total. The summed E-state index contributed by atoms with van der Waals surface area (Å²) >= 11 is 12.3. The highest BCUT2D eigenvalue weighted by Crippen LogP contribution is 2.27. The minimum absolute atomic E-state index is 0.0638. The van der Waals surface area contributed by atoms with Gasteiger partial charge in [0.05, 0.1) is 30.0 Å². The molecule has 2 N–H and O–H groups in total. The van der Waals surface area contributed by atoms with Gasteiger partial charge < -0.3 is 10.1 Å². The molecule has 0 aliphatic heterocycles. The summed E-state index contributed by atoms with van der Waals surface area (Å²) < 4.78 is 6.12. The molecule has 0 unspecified atom stereocenters. The van der Waals surface area contributed by atoms with Crippen LogP contribution in [-0.4, -0.2) is 46.3 Å². The lowest BCUT2D eigenvalue weighted by atomic mass is 10.1. The summed E-state index contributed by atoms with van der Waals surface area (Å²) in [5.74, 6) is -1.89. The van der Waals surface area contributed by atoms with Gasteiger partial charge >= 0.3 is 5.97 Å². The number of amides is 2. The zero-order chi connectivity index (χ0) is 24.1. The second-order valence-corrected chi connectivity index (χ2v) is 7.43. The van der Waals surface area contributed by atoms with Gasteiger partial charge in [0.15, 0.2) is 11.5 Å². The van der Waals surface area contributed by atoms with Gasteiger partial charge in [-0.05, 0) is 43.7 Å². The summed E-state index contributed by atoms with van der Waals surface area (Å²) in [5, 5.41) is 7.33. The van der Waals surface area contributed by atoms with E-state index in [9.17, 15) is 14.4 Å². The predicted octanol–water partition coefficient (Wildman–Crippen LogP) is 3.60. The lowest BCUT2D eigenvalue weighted by molar-refractivity contribution is 0.0517. The molecule has 2 aromatic heterocycles. The molecule has 0 atom stereocenters. The summed E-state index contributed by atoms with van der Waals surface area (Å²) in [6, 6.07) is 7.39. The van der Waals surface area contributed by atoms with Crippen LogP contribution in [0.4, 0.5) is 5.69 Å². The van der Waals surface area contributed by atoms with Crippen LogP contribution in [0.2, 0.25) is 10.0 Å². The van der Waals surface area contributed by atoms with Crippen LogP contribution in [0.1, 0.15) is 43.8 Å². The molecule has 0 fully saturated rings. The van der Waals surface area contributed by atoms with Gasteiger partial charge in [0.2, 0.25) is 0 Å². The maximum absolute atomic E-state index is 13.3. The molecule has 12 heteroatoms. The Kier molecular flexibility index (Phi) is 7.64. The van der Waals surface area contributed by atoms with Gasteiger partial charge in [-0.15, -0.1) is 0 Å². The number of hydroxylamine groups is 1. The van der Waals surface area contributed by atoms with E-state index >= 15 is 0 Å². The molecule has 2 amide bonds. The molecule has 3 rings (SSSR count). The summed E-state index contributed by atoms with van der Waals surface area (Å²) in [5.41, 5.74) is 2.79. The summed E-state index contributed by atoms with van der Waals surface area (Å²) in [6.45, 7) is 3.44. The number of esters is 1. The number of aromatic nitrogens is 3. The quantitative estimate of drug-likeness (QED) is 0.382. The molecule has 2 heterocycles. The van der Waals surface area contributed by atoms with Crippen molar-refractivity contribution in [2.75, 3.05) is 19.0 Å². The van der Waals surface area contributed by atoms with E-state index in [1.807, 2.05) is 0 Å². The second-order valence-electron chi connectivity index (χ2n) is 6.59. The number of carbonyl (C=O) groups excluding carboxylic acids is 3. The maximum atomic E-state index is 13.3. The predicted molar refractivity (Wildman–Crippen MR) is 121 cm³/mol. The van der Waals surface area contributed by atoms with Crippen molar-refractivity contribution in [1.29, 1.82) is 0 Å². The van der Waals surface area contributed by atoms with Gasteiger partial charge in [-0.3, -0.25) is 14.4 Å². The normalized spacial score (nSPS) is 10.6. The average Bonchev–Trinajstić information content (AvgIpc) is 3.21. The fraction of sp³-hybridized carbons (Fsp3) is 0.190. The van der Waals surface area contributed by atoms with Crippen LogP contribution in [0, 0.1) is 6.92 Å². The molecule has 0 aliphatic rings. The molecule has 0 aliphatic carbocycles. The monoisotopic (exact) mass is 491 g/mol. The first-order chi connectivity index (χ1) is 15.8. The van der Waals surface area contributed by atoms with Crippen LogP contribution in [0.5, 0.6) is 0 Å². The maximum Gasteiger partial charge on any atom is 0.358 e. The van der Waals surface area contributed by atoms with E-state index in [4.69, 9.17) is 27.9 Å². The molecule has 172 valence electrons. The SMILES string of the molecule is CCOC(=O)c1cc(C(=O)Nc2c(C)cc(Cl)cc2C(=O)NOC)n(-c2ncccc2Cl)n1. The van der Waals surface area contributed by atoms with Crippen LogP contribution < -0.4 is 10.8 Å². The van der Waals surface area contributed by atoms with Crippen LogP contribution >= 0.6 is 23.2 Å². The van der Waals surface area contributed by atoms with E-state index in [0.717, 1.165) is 4.68 Å². The smallest absolute Gasteiger partial charge is 0.358 e. The van der Waals surface area contributed by atoms with Crippen molar-refractivity contribution < 1.29 is 24.0 Å². The zero-order valence-corrected chi connectivity index (χ0v) is 19.3. The largest absolute Gasteiger partial charge is 0.461 e. The Labute approximate surface area is 198 Å². The molecule has 0 bridgehead atoms. The third-order valence-corrected chi connectivity index (χ3v) is 4.86. The summed E-state index contributed by atoms with van der Waals surface area (Å²) in [7, 11) is 1.28. The second kappa shape index (κ2) is 10.4. The molecule has 0 spiro atoms. The lowest BCUT2D eigenvalue weighted by Crippen LogP contribution is -2.25. The van der Waals surface area contributed by atoms with E-state index in [1.165, 1.54) is 25.4 Å². The molecule has 0 radical (unpaired) electrons. The number of nitrogens with one attached hydrogen (secondary N) is 2. The molecule has 0 saturated heterocycles. The number of benzene rings is 1. The number of rotatable bonds is 7. The molecule has 1 aromatic carbocycles. The minimum atomic E-state index is -0.722. The van der Waals surface area contributed by atoms with Gasteiger partial charge in [0.1, 0.15) is 5.69 Å². The molecule has 0 saturated carbocycles. The molecular weight excluding hydrogens is 473 g/mol. The van der Waals surface area contributed by atoms with Crippen LogP contribution in [0.3, 0.4) is 0 Å². The van der Waals surface area contributed by atoms with Gasteiger partial charge in [-0.1, -0.05) is 23.2 Å². The topological polar surface area (TPSA) is 124 Å². The van der Waals surface area contributed by atoms with Crippen molar-refractivity contribution >= 4 is 46.7 Å². The molecular formula is C21H19Cl2N5O5. The first-order valence-corrected chi connectivity index (χ1v) is 10.3. The number of ether oxygens (including phenoxy) is 1. The summed E-state index contributed by atoms with van der Waals surface area (Å²) in [4.78, 5) is 46.8. The van der Waals surface area contributed by atoms with Crippen molar-refractivity contribution in [2.45, 2.75) is 13.8 Å². The van der Waals surface area contributed by atoms with Crippen LogP contribution in [0.25, 0.3) is 5.82 Å². The number of carbonyl (C=O) groups is 3. The first-order valence-electron chi connectivity index (χ1n) is 9.59. The van der Waals surface area contributed by atoms with Crippen molar-refractivity contribution in [1.82, 2.24) is 20.2 Å². The number of anilines is 1. The molecule has 33 heavy (non-hydrogen) atoms. The fourth-order valence-corrected chi connectivity index (χ4v) is 3.43. The number of aryl methyl sites for hydroxylation is 1. The Morgan fingerprint density at radius 2 is 1.91 bits per heavy atom. The van der Waals surface area contributed by atoms with Gasteiger partial charge in [0, 0.05) is 17.3 Å². The van der Waals surface area contributed by atoms with Gasteiger partial charge in [0.25, 0.3) is 11.8 Å². The minimum Gasteiger partial charge on any atom is -0.461 e. The van der Waals surface area contributed by atoms with E-state index in [0.29, 0.717) is 10.6 Å². The number of halogens is 2. The van der Waals surface area contributed by atoms with E-state index < -0.39 is 17.8 Å². The van der Waals surface area contributed by atoms with Crippen molar-refractivity contribution in [3.63, 3.8) is 0 Å². The number of nitrogens with zero attached hydrogens (tertiary/aromatic N) is 3. The Morgan fingerprint density at radius 3 is 2.58 bits per heavy atom. The molecule has 3 aromatic rings. The zero-order valence-electron chi connectivity index (χ0n) is 17.8. The highest BCUT2D eigenvalue weighted by Gasteiger charge is 2.25. The van der Waals surface area contributed by atoms with Crippen molar-refractivity contribution in [3.05, 3.63) is 69.1 Å². The highest BCUT2D eigenvalue weighted by atomic mass is 35.5. The van der Waals surface area contributed by atoms with Gasteiger partial charge in [-0.25, -0.2) is 19.9 Å². The number of hydrogen-bond acceptors (Lipinski definition) is 7.